The van der Waals surface area contributed by atoms with Crippen molar-refractivity contribution in [2.24, 2.45) is 0 Å². The average molecular weight is 242 g/mol. The van der Waals surface area contributed by atoms with Crippen LogP contribution in [0.5, 0.6) is 0 Å². The van der Waals surface area contributed by atoms with Crippen molar-refractivity contribution in [3.05, 3.63) is 11.2 Å². The molecule has 2 heterocycles. The molecule has 0 spiro atoms. The van der Waals surface area contributed by atoms with Gasteiger partial charge in [-0.25, -0.2) is 4.98 Å². The molecular weight excluding hydrogens is 226 g/mol. The number of aromatic nitrogens is 2. The molecule has 1 saturated heterocycles. The Morgan fingerprint density at radius 2 is 2.31 bits per heavy atom. The third-order valence-corrected chi connectivity index (χ3v) is 3.20. The molecule has 2 rings (SSSR count). The van der Waals surface area contributed by atoms with Gasteiger partial charge in [0.1, 0.15) is 5.02 Å². The summed E-state index contributed by atoms with van der Waals surface area (Å²) in [4.78, 5) is 12.4. The second-order valence-corrected chi connectivity index (χ2v) is 4.66. The van der Waals surface area contributed by atoms with Crippen molar-refractivity contribution in [2.45, 2.75) is 12.5 Å². The van der Waals surface area contributed by atoms with Crippen molar-refractivity contribution in [2.75, 3.05) is 37.8 Å². The van der Waals surface area contributed by atoms with Crippen molar-refractivity contribution in [1.29, 1.82) is 0 Å². The summed E-state index contributed by atoms with van der Waals surface area (Å²) >= 11 is 6.07. The first-order chi connectivity index (χ1) is 7.58. The second kappa shape index (κ2) is 4.43. The van der Waals surface area contributed by atoms with Gasteiger partial charge in [0.25, 0.3) is 0 Å². The van der Waals surface area contributed by atoms with Crippen LogP contribution in [0.1, 0.15) is 6.42 Å². The van der Waals surface area contributed by atoms with E-state index in [4.69, 9.17) is 17.3 Å². The Labute approximate surface area is 100 Å². The van der Waals surface area contributed by atoms with Crippen molar-refractivity contribution in [1.82, 2.24) is 14.9 Å². The molecular formula is C10H16ClN5. The minimum atomic E-state index is 0.271. The van der Waals surface area contributed by atoms with Gasteiger partial charge in [-0.05, 0) is 20.5 Å². The molecule has 0 aromatic carbocycles. The van der Waals surface area contributed by atoms with Crippen LogP contribution in [0, 0.1) is 0 Å². The van der Waals surface area contributed by atoms with Crippen LogP contribution in [-0.4, -0.2) is 48.1 Å². The molecule has 0 amide bonds. The summed E-state index contributed by atoms with van der Waals surface area (Å²) < 4.78 is 0. The maximum atomic E-state index is 6.07. The average Bonchev–Trinajstić information content (AvgIpc) is 2.70. The molecule has 0 radical (unpaired) electrons. The van der Waals surface area contributed by atoms with E-state index in [1.165, 1.54) is 0 Å². The fourth-order valence-corrected chi connectivity index (χ4v) is 2.16. The van der Waals surface area contributed by atoms with Gasteiger partial charge in [-0.15, -0.1) is 0 Å². The molecule has 5 nitrogen and oxygen atoms in total. The molecule has 1 atom stereocenters. The first-order valence-electron chi connectivity index (χ1n) is 5.27. The van der Waals surface area contributed by atoms with E-state index < -0.39 is 0 Å². The van der Waals surface area contributed by atoms with Crippen LogP contribution in [0.4, 0.5) is 11.8 Å². The number of nitrogens with two attached hydrogens (primary N) is 1. The topological polar surface area (TPSA) is 58.3 Å². The molecule has 1 aromatic heterocycles. The lowest BCUT2D eigenvalue weighted by atomic mass is 10.2. The minimum absolute atomic E-state index is 0.271. The van der Waals surface area contributed by atoms with E-state index in [-0.39, 0.29) is 5.95 Å². The third-order valence-electron chi connectivity index (χ3n) is 2.94. The number of hydrogen-bond acceptors (Lipinski definition) is 5. The molecule has 0 bridgehead atoms. The number of hydrogen-bond donors (Lipinski definition) is 1. The zero-order valence-corrected chi connectivity index (χ0v) is 10.3. The standard InChI is InChI=1S/C10H16ClN5/c1-15(2)7-3-4-16(6-7)9-8(11)5-13-10(12)14-9/h5,7H,3-4,6H2,1-2H3,(H2,12,13,14). The van der Waals surface area contributed by atoms with Crippen LogP contribution >= 0.6 is 11.6 Å². The molecule has 0 saturated carbocycles. The van der Waals surface area contributed by atoms with Gasteiger partial charge in [0.2, 0.25) is 5.95 Å². The van der Waals surface area contributed by atoms with Crippen molar-refractivity contribution < 1.29 is 0 Å². The zero-order chi connectivity index (χ0) is 11.7. The number of rotatable bonds is 2. The predicted molar refractivity (Wildman–Crippen MR) is 65.8 cm³/mol. The van der Waals surface area contributed by atoms with E-state index in [9.17, 15) is 0 Å². The fourth-order valence-electron chi connectivity index (χ4n) is 1.95. The Kier molecular flexibility index (Phi) is 3.16. The maximum Gasteiger partial charge on any atom is 0.222 e. The third kappa shape index (κ3) is 2.20. The van der Waals surface area contributed by atoms with E-state index in [0.29, 0.717) is 11.1 Å². The van der Waals surface area contributed by atoms with Crippen molar-refractivity contribution >= 4 is 23.4 Å². The van der Waals surface area contributed by atoms with Crippen LogP contribution in [-0.2, 0) is 0 Å². The summed E-state index contributed by atoms with van der Waals surface area (Å²) in [6.07, 6.45) is 2.68. The quantitative estimate of drug-likeness (QED) is 0.832. The number of halogens is 1. The van der Waals surface area contributed by atoms with Gasteiger partial charge in [0.05, 0.1) is 6.20 Å². The highest BCUT2D eigenvalue weighted by atomic mass is 35.5. The van der Waals surface area contributed by atoms with E-state index in [1.54, 1.807) is 6.20 Å². The van der Waals surface area contributed by atoms with Gasteiger partial charge in [0, 0.05) is 19.1 Å². The maximum absolute atomic E-state index is 6.07. The highest BCUT2D eigenvalue weighted by Crippen LogP contribution is 2.27. The fraction of sp³-hybridized carbons (Fsp3) is 0.600. The van der Waals surface area contributed by atoms with E-state index in [1.807, 2.05) is 0 Å². The van der Waals surface area contributed by atoms with Crippen LogP contribution in [0.3, 0.4) is 0 Å². The Bertz CT molecular complexity index is 381. The Morgan fingerprint density at radius 1 is 1.56 bits per heavy atom. The van der Waals surface area contributed by atoms with Gasteiger partial charge in [-0.2, -0.15) is 4.98 Å². The molecule has 16 heavy (non-hydrogen) atoms. The number of nitrogens with zero attached hydrogens (tertiary/aromatic N) is 4. The van der Waals surface area contributed by atoms with E-state index in [2.05, 4.69) is 33.9 Å². The van der Waals surface area contributed by atoms with Crippen LogP contribution in [0.15, 0.2) is 6.20 Å². The summed E-state index contributed by atoms with van der Waals surface area (Å²) in [6, 6.07) is 0.548. The molecule has 0 aliphatic carbocycles. The monoisotopic (exact) mass is 241 g/mol. The largest absolute Gasteiger partial charge is 0.368 e. The summed E-state index contributed by atoms with van der Waals surface area (Å²) in [7, 11) is 4.17. The highest BCUT2D eigenvalue weighted by molar-refractivity contribution is 6.32. The molecule has 1 aliphatic heterocycles. The molecule has 2 N–H and O–H groups in total. The zero-order valence-electron chi connectivity index (χ0n) is 9.52. The SMILES string of the molecule is CN(C)C1CCN(c2nc(N)ncc2Cl)C1. The van der Waals surface area contributed by atoms with Crippen LogP contribution in [0.25, 0.3) is 0 Å². The summed E-state index contributed by atoms with van der Waals surface area (Å²) in [5.74, 6) is 1.02. The van der Waals surface area contributed by atoms with E-state index >= 15 is 0 Å². The lowest BCUT2D eigenvalue weighted by molar-refractivity contribution is 0.315. The lowest BCUT2D eigenvalue weighted by Crippen LogP contribution is -2.31. The summed E-state index contributed by atoms with van der Waals surface area (Å²) in [6.45, 7) is 1.89. The van der Waals surface area contributed by atoms with Crippen LogP contribution < -0.4 is 10.6 Å². The second-order valence-electron chi connectivity index (χ2n) is 4.25. The molecule has 1 aromatic rings. The number of nitrogen functional groups attached to an aromatic ring is 1. The van der Waals surface area contributed by atoms with Gasteiger partial charge in [-0.1, -0.05) is 11.6 Å². The summed E-state index contributed by atoms with van der Waals surface area (Å²) in [5, 5.41) is 0.564. The smallest absolute Gasteiger partial charge is 0.222 e. The minimum Gasteiger partial charge on any atom is -0.368 e. The first kappa shape index (κ1) is 11.4. The van der Waals surface area contributed by atoms with Gasteiger partial charge < -0.3 is 15.5 Å². The Balaban J connectivity index is 2.17. The molecule has 1 fully saturated rings. The van der Waals surface area contributed by atoms with Crippen molar-refractivity contribution in [3.8, 4) is 0 Å². The molecule has 6 heteroatoms. The first-order valence-corrected chi connectivity index (χ1v) is 5.65. The normalized spacial score (nSPS) is 20.8. The van der Waals surface area contributed by atoms with Gasteiger partial charge in [0.15, 0.2) is 5.82 Å². The lowest BCUT2D eigenvalue weighted by Gasteiger charge is -2.21. The molecule has 88 valence electrons. The highest BCUT2D eigenvalue weighted by Gasteiger charge is 2.26. The van der Waals surface area contributed by atoms with Gasteiger partial charge >= 0.3 is 0 Å². The Hall–Kier alpha value is -1.07. The molecule has 1 unspecified atom stereocenters. The van der Waals surface area contributed by atoms with Crippen molar-refractivity contribution in [3.63, 3.8) is 0 Å². The van der Waals surface area contributed by atoms with Crippen LogP contribution in [0.2, 0.25) is 5.02 Å². The van der Waals surface area contributed by atoms with Gasteiger partial charge in [-0.3, -0.25) is 0 Å². The number of likely N-dealkylation sites (N-methyl/N-ethyl adjacent to an activating group) is 1. The summed E-state index contributed by atoms with van der Waals surface area (Å²) in [5.41, 5.74) is 5.57. The Morgan fingerprint density at radius 3 is 2.94 bits per heavy atom. The molecule has 1 aliphatic rings. The van der Waals surface area contributed by atoms with E-state index in [0.717, 1.165) is 25.3 Å². The predicted octanol–water partition coefficient (Wildman–Crippen LogP) is 0.853. The number of anilines is 2.